The molecule has 2 aromatic heterocycles. The first kappa shape index (κ1) is 28.4. The molecular weight excluding hydrogens is 513 g/mol. The number of carboxylic acid groups (broad SMARTS) is 1. The third kappa shape index (κ3) is 7.88. The van der Waals surface area contributed by atoms with Gasteiger partial charge in [-0.15, -0.1) is 11.8 Å². The fourth-order valence-electron chi connectivity index (χ4n) is 3.48. The number of allylic oxidation sites excluding steroid dienone is 1. The van der Waals surface area contributed by atoms with E-state index in [-0.39, 0.29) is 23.7 Å². The Bertz CT molecular complexity index is 1250. The first-order valence-corrected chi connectivity index (χ1v) is 13.5. The maximum atomic E-state index is 14.7. The summed E-state index contributed by atoms with van der Waals surface area (Å²) in [5, 5.41) is 16.7. The topological polar surface area (TPSA) is 93.0 Å². The van der Waals surface area contributed by atoms with Crippen LogP contribution >= 0.6 is 23.1 Å². The normalized spacial score (nSPS) is 11.8. The van der Waals surface area contributed by atoms with Crippen molar-refractivity contribution < 1.29 is 23.8 Å². The molecular formula is C27H30FN3O4S2. The number of aromatic carboxylic acids is 1. The van der Waals surface area contributed by atoms with Gasteiger partial charge in [0.2, 0.25) is 0 Å². The molecule has 0 unspecified atom stereocenters. The summed E-state index contributed by atoms with van der Waals surface area (Å²) in [5.74, 6) is -0.498. The van der Waals surface area contributed by atoms with E-state index in [1.165, 1.54) is 29.2 Å². The second-order valence-electron chi connectivity index (χ2n) is 8.42. The average Bonchev–Trinajstić information content (AvgIpc) is 3.40. The van der Waals surface area contributed by atoms with E-state index in [1.54, 1.807) is 31.5 Å². The van der Waals surface area contributed by atoms with Gasteiger partial charge in [0.25, 0.3) is 0 Å². The molecule has 0 saturated heterocycles. The van der Waals surface area contributed by atoms with Crippen LogP contribution in [0.25, 0.3) is 16.8 Å². The van der Waals surface area contributed by atoms with Gasteiger partial charge in [-0.05, 0) is 65.7 Å². The Labute approximate surface area is 224 Å². The van der Waals surface area contributed by atoms with E-state index in [1.807, 2.05) is 16.8 Å². The number of nitrogens with zero attached hydrogens (tertiary/aromatic N) is 2. The van der Waals surface area contributed by atoms with Gasteiger partial charge in [0.15, 0.2) is 11.6 Å². The standard InChI is InChI=1S/C27H30FN3O4S2/c1-17(2)11-24(25(29-3)18-5-6-23(22(28)13-18)35-9-8-34-4)37-16-31-26-21(27(32)33)12-20(14-30-26)19-7-10-36-15-19/h5-7,10,12-15,17H,3,8-9,11,16H2,1-2,4H3,(H,30,31)(H,32,33)/b25-24-. The van der Waals surface area contributed by atoms with Crippen LogP contribution in [0.2, 0.25) is 0 Å². The van der Waals surface area contributed by atoms with E-state index in [4.69, 9.17) is 9.47 Å². The Morgan fingerprint density at radius 3 is 2.70 bits per heavy atom. The zero-order valence-electron chi connectivity index (χ0n) is 21.0. The highest BCUT2D eigenvalue weighted by atomic mass is 32.2. The molecule has 0 aliphatic carbocycles. The molecule has 37 heavy (non-hydrogen) atoms. The maximum absolute atomic E-state index is 14.7. The van der Waals surface area contributed by atoms with Crippen LogP contribution in [0.4, 0.5) is 10.2 Å². The summed E-state index contributed by atoms with van der Waals surface area (Å²) >= 11 is 2.99. The van der Waals surface area contributed by atoms with E-state index in [0.717, 1.165) is 16.0 Å². The summed E-state index contributed by atoms with van der Waals surface area (Å²) in [6.45, 7) is 8.48. The molecule has 0 saturated carbocycles. The first-order valence-electron chi connectivity index (χ1n) is 11.6. The minimum atomic E-state index is -1.06. The quantitative estimate of drug-likeness (QED) is 0.130. The van der Waals surface area contributed by atoms with Crippen LogP contribution in [0.15, 0.2) is 57.2 Å². The molecule has 0 amide bonds. The molecule has 0 spiro atoms. The van der Waals surface area contributed by atoms with Crippen LogP contribution in [0.1, 0.15) is 36.2 Å². The third-order valence-electron chi connectivity index (χ3n) is 5.22. The number of rotatable bonds is 14. The van der Waals surface area contributed by atoms with Gasteiger partial charge in [0, 0.05) is 29.3 Å². The molecule has 1 aromatic carbocycles. The summed E-state index contributed by atoms with van der Waals surface area (Å²) in [6, 6.07) is 8.24. The van der Waals surface area contributed by atoms with E-state index in [0.29, 0.717) is 36.1 Å². The molecule has 0 radical (unpaired) electrons. The molecule has 7 nitrogen and oxygen atoms in total. The number of hydrogen-bond donors (Lipinski definition) is 2. The lowest BCUT2D eigenvalue weighted by atomic mass is 10.1. The summed E-state index contributed by atoms with van der Waals surface area (Å²) in [6.07, 6.45) is 2.34. The molecule has 2 N–H and O–H groups in total. The van der Waals surface area contributed by atoms with Crippen LogP contribution in [-0.4, -0.2) is 49.0 Å². The first-order chi connectivity index (χ1) is 17.8. The van der Waals surface area contributed by atoms with E-state index in [2.05, 4.69) is 35.9 Å². The Balaban J connectivity index is 1.81. The van der Waals surface area contributed by atoms with Gasteiger partial charge in [-0.1, -0.05) is 13.8 Å². The molecule has 3 aromatic rings. The second-order valence-corrected chi connectivity index (χ2v) is 10.3. The van der Waals surface area contributed by atoms with Gasteiger partial charge in [-0.2, -0.15) is 11.3 Å². The molecule has 0 aliphatic rings. The number of anilines is 1. The number of aliphatic imine (C=N–C) groups is 1. The zero-order valence-corrected chi connectivity index (χ0v) is 22.6. The lowest BCUT2D eigenvalue weighted by Gasteiger charge is -2.16. The van der Waals surface area contributed by atoms with Crippen molar-refractivity contribution in [1.29, 1.82) is 0 Å². The van der Waals surface area contributed by atoms with Crippen LogP contribution in [0.3, 0.4) is 0 Å². The molecule has 196 valence electrons. The number of thiophene rings is 1. The lowest BCUT2D eigenvalue weighted by Crippen LogP contribution is -2.09. The Morgan fingerprint density at radius 2 is 2.08 bits per heavy atom. The predicted molar refractivity (Wildman–Crippen MR) is 150 cm³/mol. The molecule has 10 heteroatoms. The van der Waals surface area contributed by atoms with Crippen LogP contribution < -0.4 is 10.1 Å². The Morgan fingerprint density at radius 1 is 1.27 bits per heavy atom. The highest BCUT2D eigenvalue weighted by Crippen LogP contribution is 2.35. The minimum Gasteiger partial charge on any atom is -0.488 e. The van der Waals surface area contributed by atoms with Crippen molar-refractivity contribution in [3.05, 3.63) is 69.1 Å². The van der Waals surface area contributed by atoms with E-state index >= 15 is 0 Å². The average molecular weight is 544 g/mol. The number of pyridine rings is 1. The molecule has 3 rings (SSSR count). The highest BCUT2D eigenvalue weighted by Gasteiger charge is 2.16. The van der Waals surface area contributed by atoms with Gasteiger partial charge in [-0.25, -0.2) is 14.2 Å². The van der Waals surface area contributed by atoms with Gasteiger partial charge in [-0.3, -0.25) is 4.99 Å². The maximum Gasteiger partial charge on any atom is 0.339 e. The van der Waals surface area contributed by atoms with E-state index < -0.39 is 11.8 Å². The van der Waals surface area contributed by atoms with Crippen LogP contribution in [0, 0.1) is 11.7 Å². The smallest absolute Gasteiger partial charge is 0.339 e. The number of ether oxygens (including phenoxy) is 2. The van der Waals surface area contributed by atoms with Crippen molar-refractivity contribution in [2.75, 3.05) is 31.5 Å². The van der Waals surface area contributed by atoms with Crippen molar-refractivity contribution in [2.45, 2.75) is 20.3 Å². The number of carbonyl (C=O) groups is 1. The number of carboxylic acids is 1. The molecule has 0 aliphatic heterocycles. The van der Waals surface area contributed by atoms with Crippen LogP contribution in [0.5, 0.6) is 5.75 Å². The number of aromatic nitrogens is 1. The minimum absolute atomic E-state index is 0.0897. The number of methoxy groups -OCH3 is 1. The SMILES string of the molecule is C=N/C(=C(/CC(C)C)SCNc1ncc(-c2ccsc2)cc1C(=O)O)c1ccc(OCCOC)c(F)c1. The number of thioether (sulfide) groups is 1. The lowest BCUT2D eigenvalue weighted by molar-refractivity contribution is 0.0697. The number of halogens is 1. The van der Waals surface area contributed by atoms with Crippen molar-refractivity contribution in [1.82, 2.24) is 4.98 Å². The van der Waals surface area contributed by atoms with Crippen LogP contribution in [-0.2, 0) is 4.74 Å². The van der Waals surface area contributed by atoms with E-state index in [9.17, 15) is 14.3 Å². The van der Waals surface area contributed by atoms with Crippen molar-refractivity contribution in [3.8, 4) is 16.9 Å². The number of hydrogen-bond acceptors (Lipinski definition) is 8. The Kier molecular flexibility index (Phi) is 10.7. The zero-order chi connectivity index (χ0) is 26.8. The van der Waals surface area contributed by atoms with Crippen molar-refractivity contribution in [3.63, 3.8) is 0 Å². The summed E-state index contributed by atoms with van der Waals surface area (Å²) < 4.78 is 25.1. The predicted octanol–water partition coefficient (Wildman–Crippen LogP) is 6.89. The Hall–Kier alpha value is -3.21. The fraction of sp³-hybridized carbons (Fsp3) is 0.296. The van der Waals surface area contributed by atoms with Crippen molar-refractivity contribution >= 4 is 47.3 Å². The highest BCUT2D eigenvalue weighted by molar-refractivity contribution is 8.03. The summed E-state index contributed by atoms with van der Waals surface area (Å²) in [5.41, 5.74) is 2.91. The van der Waals surface area contributed by atoms with Gasteiger partial charge >= 0.3 is 5.97 Å². The molecule has 0 bridgehead atoms. The molecule has 0 atom stereocenters. The molecule has 2 heterocycles. The second kappa shape index (κ2) is 13.9. The monoisotopic (exact) mass is 543 g/mol. The third-order valence-corrected chi connectivity index (χ3v) is 6.91. The number of benzene rings is 1. The van der Waals surface area contributed by atoms with Gasteiger partial charge < -0.3 is 19.9 Å². The number of nitrogens with one attached hydrogen (secondary N) is 1. The summed E-state index contributed by atoms with van der Waals surface area (Å²) in [4.78, 5) is 21.4. The van der Waals surface area contributed by atoms with Crippen molar-refractivity contribution in [2.24, 2.45) is 10.9 Å². The largest absolute Gasteiger partial charge is 0.488 e. The summed E-state index contributed by atoms with van der Waals surface area (Å²) in [7, 11) is 1.55. The fourth-order valence-corrected chi connectivity index (χ4v) is 5.30. The molecule has 0 fully saturated rings. The van der Waals surface area contributed by atoms with Gasteiger partial charge in [0.05, 0.1) is 18.2 Å². The van der Waals surface area contributed by atoms with Gasteiger partial charge in [0.1, 0.15) is 18.0 Å².